The Bertz CT molecular complexity index is 857. The van der Waals surface area contributed by atoms with Crippen LogP contribution in [-0.2, 0) is 4.79 Å². The summed E-state index contributed by atoms with van der Waals surface area (Å²) in [6.45, 7) is 1.83. The zero-order valence-electron chi connectivity index (χ0n) is 14.1. The molecule has 0 unspecified atom stereocenters. The van der Waals surface area contributed by atoms with E-state index in [1.807, 2.05) is 6.92 Å². The molecule has 26 heavy (non-hydrogen) atoms. The average Bonchev–Trinajstić information content (AvgIpc) is 2.58. The molecule has 0 saturated heterocycles. The lowest BCUT2D eigenvalue weighted by atomic mass is 9.56. The van der Waals surface area contributed by atoms with Crippen LogP contribution in [-0.4, -0.2) is 54.9 Å². The molecule has 7 heteroatoms. The van der Waals surface area contributed by atoms with Gasteiger partial charge in [-0.05, 0) is 24.0 Å². The van der Waals surface area contributed by atoms with E-state index >= 15 is 0 Å². The molecule has 0 fully saturated rings. The van der Waals surface area contributed by atoms with E-state index in [-0.39, 0.29) is 40.4 Å². The summed E-state index contributed by atoms with van der Waals surface area (Å²) in [5.74, 6) is -2.99. The van der Waals surface area contributed by atoms with E-state index in [1.54, 1.807) is 0 Å². The molecule has 7 nitrogen and oxygen atoms in total. The molecule has 0 aromatic heterocycles. The van der Waals surface area contributed by atoms with Crippen LogP contribution in [0.15, 0.2) is 29.3 Å². The zero-order valence-corrected chi connectivity index (χ0v) is 14.1. The molecule has 5 N–H and O–H groups in total. The van der Waals surface area contributed by atoms with E-state index < -0.39 is 41.4 Å². The molecule has 0 amide bonds. The number of carbonyl (C=O) groups is 2. The minimum Gasteiger partial charge on any atom is -0.508 e. The van der Waals surface area contributed by atoms with E-state index in [4.69, 9.17) is 0 Å². The Morgan fingerprint density at radius 1 is 1.12 bits per heavy atom. The molecule has 0 spiro atoms. The number of phenols is 1. The first-order chi connectivity index (χ1) is 12.2. The number of aliphatic hydroxyl groups excluding tert-OH is 3. The fraction of sp³-hybridized carbons (Fsp3) is 0.474. The van der Waals surface area contributed by atoms with Crippen LogP contribution < -0.4 is 0 Å². The number of Topliss-reactive ketones (excluding diaryl/α,β-unsaturated/α-hetero) is 2. The third kappa shape index (κ3) is 1.97. The minimum atomic E-state index is -2.50. The van der Waals surface area contributed by atoms with Gasteiger partial charge in [-0.2, -0.15) is 0 Å². The summed E-state index contributed by atoms with van der Waals surface area (Å²) in [5, 5.41) is 53.2. The zero-order chi connectivity index (χ0) is 19.0. The van der Waals surface area contributed by atoms with Gasteiger partial charge in [0, 0.05) is 23.1 Å². The predicted octanol–water partition coefficient (Wildman–Crippen LogP) is 0.000200. The Kier molecular flexibility index (Phi) is 3.65. The van der Waals surface area contributed by atoms with Crippen LogP contribution in [0.2, 0.25) is 0 Å². The van der Waals surface area contributed by atoms with Gasteiger partial charge < -0.3 is 25.5 Å². The van der Waals surface area contributed by atoms with Crippen LogP contribution in [0.4, 0.5) is 0 Å². The third-order valence-electron chi connectivity index (χ3n) is 5.95. The first-order valence-corrected chi connectivity index (χ1v) is 8.58. The molecule has 6 atom stereocenters. The minimum absolute atomic E-state index is 0.00552. The molecule has 138 valence electrons. The van der Waals surface area contributed by atoms with Crippen LogP contribution in [0.5, 0.6) is 5.75 Å². The summed E-state index contributed by atoms with van der Waals surface area (Å²) in [6, 6.07) is 4.08. The quantitative estimate of drug-likeness (QED) is 0.439. The van der Waals surface area contributed by atoms with Crippen LogP contribution >= 0.6 is 0 Å². The monoisotopic (exact) mass is 360 g/mol. The number of benzene rings is 1. The Balaban J connectivity index is 2.01. The predicted molar refractivity (Wildman–Crippen MR) is 88.3 cm³/mol. The Hall–Kier alpha value is -2.06. The van der Waals surface area contributed by atoms with Crippen molar-refractivity contribution in [2.45, 2.75) is 43.7 Å². The van der Waals surface area contributed by atoms with Crippen molar-refractivity contribution in [3.8, 4) is 5.75 Å². The second-order valence-electron chi connectivity index (χ2n) is 7.59. The van der Waals surface area contributed by atoms with Crippen molar-refractivity contribution in [2.75, 3.05) is 0 Å². The average molecular weight is 360 g/mol. The molecule has 1 aromatic rings. The lowest BCUT2D eigenvalue weighted by Gasteiger charge is -2.52. The van der Waals surface area contributed by atoms with Gasteiger partial charge in [0.2, 0.25) is 0 Å². The lowest BCUT2D eigenvalue weighted by molar-refractivity contribution is -0.198. The lowest BCUT2D eigenvalue weighted by Crippen LogP contribution is -2.66. The second kappa shape index (κ2) is 5.47. The molecular formula is C19H20O7. The van der Waals surface area contributed by atoms with Crippen molar-refractivity contribution in [3.63, 3.8) is 0 Å². The van der Waals surface area contributed by atoms with Crippen molar-refractivity contribution >= 4 is 11.6 Å². The summed E-state index contributed by atoms with van der Waals surface area (Å²) < 4.78 is 0. The topological polar surface area (TPSA) is 135 Å². The van der Waals surface area contributed by atoms with E-state index in [1.165, 1.54) is 18.2 Å². The van der Waals surface area contributed by atoms with Gasteiger partial charge in [-0.3, -0.25) is 9.59 Å². The normalized spacial score (nSPS) is 39.3. The summed E-state index contributed by atoms with van der Waals surface area (Å²) >= 11 is 0. The molecule has 0 bridgehead atoms. The summed E-state index contributed by atoms with van der Waals surface area (Å²) in [4.78, 5) is 25.8. The molecule has 3 aliphatic rings. The van der Waals surface area contributed by atoms with Gasteiger partial charge in [-0.15, -0.1) is 0 Å². The fourth-order valence-corrected chi connectivity index (χ4v) is 4.74. The van der Waals surface area contributed by atoms with Crippen molar-refractivity contribution < 1.29 is 35.1 Å². The SMILES string of the molecule is C[C@@H]1CC(=O)C2=C(C1)[C@@H](O)[C@@H](O)[C@@]1(O)[C@@H]2C(=O)c2cccc(O)c2[C@@H]1O. The smallest absolute Gasteiger partial charge is 0.174 e. The van der Waals surface area contributed by atoms with Crippen LogP contribution in [0, 0.1) is 11.8 Å². The molecule has 0 heterocycles. The summed E-state index contributed by atoms with van der Waals surface area (Å²) in [6.07, 6.45) is -4.82. The van der Waals surface area contributed by atoms with E-state index in [9.17, 15) is 35.1 Å². The maximum atomic E-state index is 13.1. The van der Waals surface area contributed by atoms with Crippen LogP contribution in [0.1, 0.15) is 41.8 Å². The number of hydrogen-bond acceptors (Lipinski definition) is 7. The highest BCUT2D eigenvalue weighted by Crippen LogP contribution is 2.54. The number of rotatable bonds is 0. The fourth-order valence-electron chi connectivity index (χ4n) is 4.74. The van der Waals surface area contributed by atoms with Crippen LogP contribution in [0.25, 0.3) is 0 Å². The van der Waals surface area contributed by atoms with Gasteiger partial charge in [-0.1, -0.05) is 19.1 Å². The van der Waals surface area contributed by atoms with Crippen molar-refractivity contribution in [1.82, 2.24) is 0 Å². The summed E-state index contributed by atoms with van der Waals surface area (Å²) in [7, 11) is 0. The number of carbonyl (C=O) groups excluding carboxylic acids is 2. The molecule has 0 radical (unpaired) electrons. The first-order valence-electron chi connectivity index (χ1n) is 8.58. The molecule has 0 aliphatic heterocycles. The standard InChI is InChI=1S/C19H20O7/c1-7-5-9-12(11(21)6-7)14-15(22)8-3-2-4-10(20)13(8)17(24)19(14,26)18(25)16(9)23/h2-4,7,14,16-18,20,23-26H,5-6H2,1H3/t7-,14-,16+,17-,18+,19+/m0/s1. The van der Waals surface area contributed by atoms with Gasteiger partial charge in [0.15, 0.2) is 11.6 Å². The maximum Gasteiger partial charge on any atom is 0.174 e. The number of fused-ring (bicyclic) bond motifs is 3. The largest absolute Gasteiger partial charge is 0.508 e. The summed E-state index contributed by atoms with van der Waals surface area (Å²) in [5.41, 5.74) is -2.48. The van der Waals surface area contributed by atoms with Gasteiger partial charge in [0.1, 0.15) is 29.7 Å². The second-order valence-corrected chi connectivity index (χ2v) is 7.59. The highest BCUT2D eigenvalue weighted by Gasteiger charge is 2.64. The van der Waals surface area contributed by atoms with Gasteiger partial charge in [0.25, 0.3) is 0 Å². The molecule has 1 aromatic carbocycles. The van der Waals surface area contributed by atoms with Crippen molar-refractivity contribution in [2.24, 2.45) is 11.8 Å². The number of hydrogen-bond donors (Lipinski definition) is 5. The Morgan fingerprint density at radius 3 is 2.50 bits per heavy atom. The van der Waals surface area contributed by atoms with Crippen molar-refractivity contribution in [1.29, 1.82) is 0 Å². The first kappa shape index (κ1) is 17.4. The number of aliphatic hydroxyl groups is 4. The maximum absolute atomic E-state index is 13.1. The molecule has 3 aliphatic carbocycles. The Labute approximate surface area is 149 Å². The van der Waals surface area contributed by atoms with E-state index in [0.29, 0.717) is 6.42 Å². The highest BCUT2D eigenvalue weighted by molar-refractivity contribution is 6.11. The molecule has 4 rings (SSSR count). The molecule has 0 saturated carbocycles. The van der Waals surface area contributed by atoms with Gasteiger partial charge >= 0.3 is 0 Å². The molecular weight excluding hydrogens is 340 g/mol. The number of aromatic hydroxyl groups is 1. The van der Waals surface area contributed by atoms with Crippen LogP contribution in [0.3, 0.4) is 0 Å². The number of ketones is 2. The number of phenolic OH excluding ortho intramolecular Hbond substituents is 1. The van der Waals surface area contributed by atoms with Gasteiger partial charge in [-0.25, -0.2) is 0 Å². The van der Waals surface area contributed by atoms with Crippen molar-refractivity contribution in [3.05, 3.63) is 40.5 Å². The Morgan fingerprint density at radius 2 is 1.81 bits per heavy atom. The van der Waals surface area contributed by atoms with E-state index in [0.717, 1.165) is 0 Å². The highest BCUT2D eigenvalue weighted by atomic mass is 16.4. The third-order valence-corrected chi connectivity index (χ3v) is 5.95. The van der Waals surface area contributed by atoms with E-state index in [2.05, 4.69) is 0 Å². The van der Waals surface area contributed by atoms with Gasteiger partial charge in [0.05, 0.1) is 5.92 Å².